The fourth-order valence-corrected chi connectivity index (χ4v) is 4.43. The van der Waals surface area contributed by atoms with E-state index in [2.05, 4.69) is 41.4 Å². The molecule has 0 aromatic heterocycles. The van der Waals surface area contributed by atoms with Crippen LogP contribution in [-0.4, -0.2) is 36.8 Å². The molecule has 0 radical (unpaired) electrons. The van der Waals surface area contributed by atoms with Crippen molar-refractivity contribution in [1.82, 2.24) is 10.2 Å². The molecule has 2 nitrogen and oxygen atoms in total. The van der Waals surface area contributed by atoms with E-state index >= 15 is 0 Å². The van der Waals surface area contributed by atoms with Crippen LogP contribution in [-0.2, 0) is 6.54 Å². The van der Waals surface area contributed by atoms with Gasteiger partial charge in [0.1, 0.15) is 0 Å². The monoisotopic (exact) mass is 290 g/mol. The summed E-state index contributed by atoms with van der Waals surface area (Å²) in [5.74, 6) is 1.16. The Morgan fingerprint density at radius 1 is 1.25 bits per heavy atom. The van der Waals surface area contributed by atoms with Gasteiger partial charge in [-0.3, -0.25) is 4.90 Å². The van der Waals surface area contributed by atoms with Gasteiger partial charge in [-0.15, -0.1) is 11.8 Å². The Kier molecular flexibility index (Phi) is 4.69. The molecule has 2 saturated heterocycles. The first kappa shape index (κ1) is 14.4. The standard InChI is InChI=1S/C17H26N2S/c1-2-20-16-5-3-4-15(12-16)13-19-11-8-17(14-19)6-9-18-10-7-17/h3-5,12,18H,2,6-11,13-14H2,1H3. The third kappa shape index (κ3) is 3.38. The smallest absolute Gasteiger partial charge is 0.0234 e. The van der Waals surface area contributed by atoms with E-state index < -0.39 is 0 Å². The first-order valence-corrected chi connectivity index (χ1v) is 8.93. The summed E-state index contributed by atoms with van der Waals surface area (Å²) in [5, 5.41) is 3.50. The van der Waals surface area contributed by atoms with Gasteiger partial charge < -0.3 is 5.32 Å². The van der Waals surface area contributed by atoms with Crippen LogP contribution in [0.3, 0.4) is 0 Å². The molecule has 1 N–H and O–H groups in total. The van der Waals surface area contributed by atoms with Gasteiger partial charge in [-0.2, -0.15) is 0 Å². The molecule has 0 atom stereocenters. The van der Waals surface area contributed by atoms with Gasteiger partial charge in [0.25, 0.3) is 0 Å². The van der Waals surface area contributed by atoms with E-state index in [1.165, 1.54) is 55.9 Å². The van der Waals surface area contributed by atoms with Crippen molar-refractivity contribution in [3.63, 3.8) is 0 Å². The normalized spacial score (nSPS) is 22.4. The summed E-state index contributed by atoms with van der Waals surface area (Å²) >= 11 is 1.94. The van der Waals surface area contributed by atoms with Crippen LogP contribution in [0.1, 0.15) is 31.7 Å². The van der Waals surface area contributed by atoms with E-state index in [0.29, 0.717) is 5.41 Å². The lowest BCUT2D eigenvalue weighted by Crippen LogP contribution is -2.38. The fraction of sp³-hybridized carbons (Fsp3) is 0.647. The highest BCUT2D eigenvalue weighted by molar-refractivity contribution is 7.99. The number of rotatable bonds is 4. The maximum Gasteiger partial charge on any atom is 0.0234 e. The minimum Gasteiger partial charge on any atom is -0.317 e. The second-order valence-electron chi connectivity index (χ2n) is 6.29. The van der Waals surface area contributed by atoms with E-state index in [4.69, 9.17) is 0 Å². The van der Waals surface area contributed by atoms with E-state index in [1.54, 1.807) is 0 Å². The molecular formula is C17H26N2S. The molecule has 20 heavy (non-hydrogen) atoms. The van der Waals surface area contributed by atoms with Crippen molar-refractivity contribution >= 4 is 11.8 Å². The number of likely N-dealkylation sites (tertiary alicyclic amines) is 1. The summed E-state index contributed by atoms with van der Waals surface area (Å²) in [6.07, 6.45) is 4.14. The summed E-state index contributed by atoms with van der Waals surface area (Å²) in [4.78, 5) is 4.09. The molecule has 3 heteroatoms. The molecule has 0 amide bonds. The zero-order chi connectivity index (χ0) is 13.8. The van der Waals surface area contributed by atoms with Crippen LogP contribution in [0, 0.1) is 5.41 Å². The van der Waals surface area contributed by atoms with Crippen molar-refractivity contribution in [2.24, 2.45) is 5.41 Å². The third-order valence-corrected chi connectivity index (χ3v) is 5.67. The van der Waals surface area contributed by atoms with Crippen molar-refractivity contribution in [3.05, 3.63) is 29.8 Å². The van der Waals surface area contributed by atoms with Crippen molar-refractivity contribution in [2.45, 2.75) is 37.6 Å². The summed E-state index contributed by atoms with van der Waals surface area (Å²) in [5.41, 5.74) is 2.11. The molecule has 3 rings (SSSR count). The Bertz CT molecular complexity index is 440. The second-order valence-corrected chi connectivity index (χ2v) is 7.63. The van der Waals surface area contributed by atoms with E-state index in [9.17, 15) is 0 Å². The van der Waals surface area contributed by atoms with Crippen LogP contribution in [0.4, 0.5) is 0 Å². The molecule has 0 saturated carbocycles. The first-order valence-electron chi connectivity index (χ1n) is 7.94. The summed E-state index contributed by atoms with van der Waals surface area (Å²) in [7, 11) is 0. The van der Waals surface area contributed by atoms with Gasteiger partial charge >= 0.3 is 0 Å². The van der Waals surface area contributed by atoms with Gasteiger partial charge in [-0.25, -0.2) is 0 Å². The highest BCUT2D eigenvalue weighted by atomic mass is 32.2. The van der Waals surface area contributed by atoms with E-state index in [-0.39, 0.29) is 0 Å². The predicted molar refractivity (Wildman–Crippen MR) is 87.3 cm³/mol. The number of hydrogen-bond donors (Lipinski definition) is 1. The molecule has 0 aliphatic carbocycles. The molecule has 2 aliphatic heterocycles. The van der Waals surface area contributed by atoms with Gasteiger partial charge in [0, 0.05) is 18.0 Å². The number of benzene rings is 1. The zero-order valence-electron chi connectivity index (χ0n) is 12.5. The Morgan fingerprint density at radius 3 is 2.90 bits per heavy atom. The lowest BCUT2D eigenvalue weighted by molar-refractivity contribution is 0.194. The average molecular weight is 290 g/mol. The molecule has 1 spiro atoms. The Balaban J connectivity index is 1.60. The van der Waals surface area contributed by atoms with Crippen LogP contribution in [0.2, 0.25) is 0 Å². The summed E-state index contributed by atoms with van der Waals surface area (Å²) in [6.45, 7) is 8.38. The quantitative estimate of drug-likeness (QED) is 0.856. The minimum absolute atomic E-state index is 0.626. The second kappa shape index (κ2) is 6.50. The number of piperidine rings is 1. The Hall–Kier alpha value is -0.510. The van der Waals surface area contributed by atoms with Crippen molar-refractivity contribution in [2.75, 3.05) is 31.9 Å². The molecule has 0 bridgehead atoms. The molecule has 1 aromatic rings. The largest absolute Gasteiger partial charge is 0.317 e. The highest BCUT2D eigenvalue weighted by Crippen LogP contribution is 2.39. The number of hydrogen-bond acceptors (Lipinski definition) is 3. The van der Waals surface area contributed by atoms with E-state index in [1.807, 2.05) is 11.8 Å². The fourth-order valence-electron chi connectivity index (χ4n) is 3.69. The van der Waals surface area contributed by atoms with Gasteiger partial charge in [-0.1, -0.05) is 19.1 Å². The van der Waals surface area contributed by atoms with Crippen molar-refractivity contribution in [3.8, 4) is 0 Å². The van der Waals surface area contributed by atoms with Crippen LogP contribution in [0.5, 0.6) is 0 Å². The van der Waals surface area contributed by atoms with Crippen LogP contribution in [0.15, 0.2) is 29.2 Å². The highest BCUT2D eigenvalue weighted by Gasteiger charge is 2.38. The van der Waals surface area contributed by atoms with Crippen molar-refractivity contribution in [1.29, 1.82) is 0 Å². The minimum atomic E-state index is 0.626. The Labute approximate surface area is 127 Å². The number of thioether (sulfide) groups is 1. The average Bonchev–Trinajstić information content (AvgIpc) is 2.83. The molecule has 1 aromatic carbocycles. The van der Waals surface area contributed by atoms with Crippen molar-refractivity contribution < 1.29 is 0 Å². The maximum absolute atomic E-state index is 3.50. The first-order chi connectivity index (χ1) is 9.80. The summed E-state index contributed by atoms with van der Waals surface area (Å²) < 4.78 is 0. The Morgan fingerprint density at radius 2 is 2.10 bits per heavy atom. The molecule has 0 unspecified atom stereocenters. The van der Waals surface area contributed by atoms with Gasteiger partial charge in [0.15, 0.2) is 0 Å². The SMILES string of the molecule is CCSc1cccc(CN2CCC3(CCNCC3)C2)c1. The lowest BCUT2D eigenvalue weighted by atomic mass is 9.78. The molecule has 2 aliphatic rings. The molecular weight excluding hydrogens is 264 g/mol. The zero-order valence-corrected chi connectivity index (χ0v) is 13.3. The maximum atomic E-state index is 3.50. The molecule has 2 fully saturated rings. The lowest BCUT2D eigenvalue weighted by Gasteiger charge is -2.34. The van der Waals surface area contributed by atoms with E-state index in [0.717, 1.165) is 12.3 Å². The number of nitrogens with one attached hydrogen (secondary N) is 1. The van der Waals surface area contributed by atoms with Gasteiger partial charge in [-0.05, 0) is 67.8 Å². The predicted octanol–water partition coefficient (Wildman–Crippen LogP) is 3.37. The molecule has 2 heterocycles. The number of nitrogens with zero attached hydrogens (tertiary/aromatic N) is 1. The van der Waals surface area contributed by atoms with Crippen LogP contribution >= 0.6 is 11.8 Å². The van der Waals surface area contributed by atoms with Crippen LogP contribution in [0.25, 0.3) is 0 Å². The van der Waals surface area contributed by atoms with Gasteiger partial charge in [0.05, 0.1) is 0 Å². The molecule has 110 valence electrons. The topological polar surface area (TPSA) is 15.3 Å². The van der Waals surface area contributed by atoms with Crippen LogP contribution < -0.4 is 5.32 Å². The third-order valence-electron chi connectivity index (χ3n) is 4.80. The summed E-state index contributed by atoms with van der Waals surface area (Å²) in [6, 6.07) is 9.11. The van der Waals surface area contributed by atoms with Gasteiger partial charge in [0.2, 0.25) is 0 Å².